The van der Waals surface area contributed by atoms with Gasteiger partial charge in [0.15, 0.2) is 0 Å². The summed E-state index contributed by atoms with van der Waals surface area (Å²) in [6, 6.07) is 6.73. The molecule has 1 atom stereocenters. The molecule has 3 rings (SSSR count). The zero-order valence-electron chi connectivity index (χ0n) is 14.9. The Morgan fingerprint density at radius 3 is 2.52 bits per heavy atom. The molecule has 0 unspecified atom stereocenters. The van der Waals surface area contributed by atoms with Gasteiger partial charge >= 0.3 is 0 Å². The molecule has 0 radical (unpaired) electrons. The maximum absolute atomic E-state index is 13.9. The maximum Gasteiger partial charge on any atom is 0.228 e. The van der Waals surface area contributed by atoms with Gasteiger partial charge in [-0.2, -0.15) is 0 Å². The number of anilines is 1. The number of para-hydroxylation sites is 1. The van der Waals surface area contributed by atoms with E-state index in [9.17, 15) is 14.0 Å². The molecule has 0 bridgehead atoms. The number of benzene rings is 1. The zero-order chi connectivity index (χ0) is 18.0. The molecular formula is C19H26FN3O2. The third kappa shape index (κ3) is 3.94. The summed E-state index contributed by atoms with van der Waals surface area (Å²) in [5.41, 5.74) is 0.591. The number of hydrogen-bond donors (Lipinski definition) is 0. The van der Waals surface area contributed by atoms with Gasteiger partial charge in [-0.15, -0.1) is 0 Å². The third-order valence-electron chi connectivity index (χ3n) is 4.93. The number of amides is 2. The number of hydrogen-bond acceptors (Lipinski definition) is 3. The van der Waals surface area contributed by atoms with E-state index in [4.69, 9.17) is 0 Å². The minimum atomic E-state index is -0.230. The first-order valence-corrected chi connectivity index (χ1v) is 9.01. The van der Waals surface area contributed by atoms with Crippen LogP contribution in [0.5, 0.6) is 0 Å². The Morgan fingerprint density at radius 2 is 1.88 bits per heavy atom. The van der Waals surface area contributed by atoms with Crippen LogP contribution in [0.15, 0.2) is 24.3 Å². The van der Waals surface area contributed by atoms with E-state index >= 15 is 0 Å². The molecule has 136 valence electrons. The fourth-order valence-electron chi connectivity index (χ4n) is 3.69. The van der Waals surface area contributed by atoms with Crippen molar-refractivity contribution in [2.75, 3.05) is 44.2 Å². The SMILES string of the molecule is CC(C)CN1C[C@H](C(=O)N2CCN(c3ccccc3F)CC2)CC1=O. The standard InChI is InChI=1S/C19H26FN3O2/c1-14(2)12-23-13-15(11-18(23)24)19(25)22-9-7-21(8-10-22)17-6-4-3-5-16(17)20/h3-6,14-15H,7-13H2,1-2H3/t15-/m1/s1. The highest BCUT2D eigenvalue weighted by Crippen LogP contribution is 2.24. The van der Waals surface area contributed by atoms with Gasteiger partial charge in [0, 0.05) is 45.7 Å². The molecule has 2 aliphatic heterocycles. The fraction of sp³-hybridized carbons (Fsp3) is 0.579. The number of likely N-dealkylation sites (tertiary alicyclic amines) is 1. The number of nitrogens with zero attached hydrogens (tertiary/aromatic N) is 3. The third-order valence-corrected chi connectivity index (χ3v) is 4.93. The van der Waals surface area contributed by atoms with Crippen molar-refractivity contribution >= 4 is 17.5 Å². The fourth-order valence-corrected chi connectivity index (χ4v) is 3.69. The number of halogens is 1. The first kappa shape index (κ1) is 17.7. The Hall–Kier alpha value is -2.11. The minimum absolute atomic E-state index is 0.0628. The smallest absolute Gasteiger partial charge is 0.228 e. The average Bonchev–Trinajstić information content (AvgIpc) is 2.95. The molecule has 0 aromatic heterocycles. The molecule has 0 aliphatic carbocycles. The van der Waals surface area contributed by atoms with Gasteiger partial charge < -0.3 is 14.7 Å². The highest BCUT2D eigenvalue weighted by Gasteiger charge is 2.37. The Morgan fingerprint density at radius 1 is 1.20 bits per heavy atom. The summed E-state index contributed by atoms with van der Waals surface area (Å²) >= 11 is 0. The number of carbonyl (C=O) groups is 2. The molecule has 2 saturated heterocycles. The highest BCUT2D eigenvalue weighted by atomic mass is 19.1. The molecule has 6 heteroatoms. The second-order valence-corrected chi connectivity index (χ2v) is 7.36. The Balaban J connectivity index is 1.55. The van der Waals surface area contributed by atoms with Gasteiger partial charge in [-0.25, -0.2) is 4.39 Å². The molecule has 1 aromatic rings. The predicted molar refractivity (Wildman–Crippen MR) is 94.7 cm³/mol. The van der Waals surface area contributed by atoms with Crippen LogP contribution in [-0.4, -0.2) is 60.9 Å². The van der Waals surface area contributed by atoms with Crippen molar-refractivity contribution < 1.29 is 14.0 Å². The average molecular weight is 347 g/mol. The van der Waals surface area contributed by atoms with E-state index < -0.39 is 0 Å². The highest BCUT2D eigenvalue weighted by molar-refractivity contribution is 5.89. The molecule has 5 nitrogen and oxygen atoms in total. The van der Waals surface area contributed by atoms with Crippen molar-refractivity contribution in [1.29, 1.82) is 0 Å². The van der Waals surface area contributed by atoms with Crippen LogP contribution < -0.4 is 4.90 Å². The van der Waals surface area contributed by atoms with Gasteiger partial charge in [0.1, 0.15) is 5.82 Å². The molecule has 1 aromatic carbocycles. The van der Waals surface area contributed by atoms with E-state index in [0.29, 0.717) is 57.3 Å². The van der Waals surface area contributed by atoms with Gasteiger partial charge in [-0.1, -0.05) is 26.0 Å². The Bertz CT molecular complexity index is 641. The second-order valence-electron chi connectivity index (χ2n) is 7.36. The molecule has 2 aliphatic rings. The molecule has 2 heterocycles. The normalized spacial score (nSPS) is 21.4. The first-order chi connectivity index (χ1) is 12.0. The summed E-state index contributed by atoms with van der Waals surface area (Å²) in [6.07, 6.45) is 0.319. The topological polar surface area (TPSA) is 43.9 Å². The van der Waals surface area contributed by atoms with Gasteiger partial charge in [0.25, 0.3) is 0 Å². The summed E-state index contributed by atoms with van der Waals surface area (Å²) in [4.78, 5) is 30.4. The lowest BCUT2D eigenvalue weighted by Crippen LogP contribution is -2.51. The largest absolute Gasteiger partial charge is 0.366 e. The van der Waals surface area contributed by atoms with Crippen LogP contribution in [0.1, 0.15) is 20.3 Å². The number of rotatable bonds is 4. The van der Waals surface area contributed by atoms with E-state index in [0.717, 1.165) is 0 Å². The zero-order valence-corrected chi connectivity index (χ0v) is 14.9. The van der Waals surface area contributed by atoms with E-state index in [1.807, 2.05) is 20.8 Å². The second kappa shape index (κ2) is 7.42. The van der Waals surface area contributed by atoms with Crippen LogP contribution in [-0.2, 0) is 9.59 Å². The van der Waals surface area contributed by atoms with E-state index in [-0.39, 0.29) is 23.5 Å². The first-order valence-electron chi connectivity index (χ1n) is 9.01. The van der Waals surface area contributed by atoms with Gasteiger partial charge in [-0.3, -0.25) is 9.59 Å². The van der Waals surface area contributed by atoms with E-state index in [1.54, 1.807) is 12.1 Å². The summed E-state index contributed by atoms with van der Waals surface area (Å²) in [6.45, 7) is 7.76. The van der Waals surface area contributed by atoms with Crippen LogP contribution in [0.3, 0.4) is 0 Å². The summed E-state index contributed by atoms with van der Waals surface area (Å²) in [7, 11) is 0. The lowest BCUT2D eigenvalue weighted by Gasteiger charge is -2.37. The summed E-state index contributed by atoms with van der Waals surface area (Å²) < 4.78 is 13.9. The monoisotopic (exact) mass is 347 g/mol. The quantitative estimate of drug-likeness (QED) is 0.837. The molecular weight excluding hydrogens is 321 g/mol. The van der Waals surface area contributed by atoms with Crippen molar-refractivity contribution in [3.8, 4) is 0 Å². The molecule has 0 saturated carbocycles. The van der Waals surface area contributed by atoms with Crippen molar-refractivity contribution in [1.82, 2.24) is 9.80 Å². The van der Waals surface area contributed by atoms with Crippen LogP contribution in [0.2, 0.25) is 0 Å². The maximum atomic E-state index is 13.9. The van der Waals surface area contributed by atoms with E-state index in [1.165, 1.54) is 6.07 Å². The van der Waals surface area contributed by atoms with Gasteiger partial charge in [-0.05, 0) is 18.1 Å². The lowest BCUT2D eigenvalue weighted by molar-refractivity contribution is -0.136. The predicted octanol–water partition coefficient (Wildman–Crippen LogP) is 1.98. The Labute approximate surface area is 148 Å². The number of carbonyl (C=O) groups excluding carboxylic acids is 2. The van der Waals surface area contributed by atoms with Crippen LogP contribution >= 0.6 is 0 Å². The Kier molecular flexibility index (Phi) is 5.25. The van der Waals surface area contributed by atoms with Crippen molar-refractivity contribution in [3.05, 3.63) is 30.1 Å². The lowest BCUT2D eigenvalue weighted by atomic mass is 10.1. The van der Waals surface area contributed by atoms with Crippen LogP contribution in [0.25, 0.3) is 0 Å². The number of piperazine rings is 1. The summed E-state index contributed by atoms with van der Waals surface area (Å²) in [5.74, 6) is 0.0891. The van der Waals surface area contributed by atoms with Crippen LogP contribution in [0.4, 0.5) is 10.1 Å². The van der Waals surface area contributed by atoms with Gasteiger partial charge in [0.2, 0.25) is 11.8 Å². The van der Waals surface area contributed by atoms with Crippen LogP contribution in [0, 0.1) is 17.7 Å². The molecule has 2 amide bonds. The molecule has 25 heavy (non-hydrogen) atoms. The van der Waals surface area contributed by atoms with E-state index in [2.05, 4.69) is 13.8 Å². The molecule has 0 spiro atoms. The minimum Gasteiger partial charge on any atom is -0.366 e. The summed E-state index contributed by atoms with van der Waals surface area (Å²) in [5, 5.41) is 0. The van der Waals surface area contributed by atoms with Crippen molar-refractivity contribution in [2.45, 2.75) is 20.3 Å². The van der Waals surface area contributed by atoms with Gasteiger partial charge in [0.05, 0.1) is 11.6 Å². The molecule has 0 N–H and O–H groups in total. The molecule has 2 fully saturated rings. The van der Waals surface area contributed by atoms with Crippen molar-refractivity contribution in [2.24, 2.45) is 11.8 Å². The van der Waals surface area contributed by atoms with Crippen molar-refractivity contribution in [3.63, 3.8) is 0 Å².